The first-order valence-corrected chi connectivity index (χ1v) is 8.22. The van der Waals surface area contributed by atoms with Crippen LogP contribution >= 0.6 is 7.60 Å². The summed E-state index contributed by atoms with van der Waals surface area (Å²) in [6, 6.07) is 7.00. The summed E-state index contributed by atoms with van der Waals surface area (Å²) in [6.45, 7) is 4.16. The first-order valence-electron chi connectivity index (χ1n) is 6.50. The van der Waals surface area contributed by atoms with Crippen LogP contribution in [0.25, 0.3) is 0 Å². The largest absolute Gasteiger partial charge is 0.335 e. The Bertz CT molecular complexity index is 466. The zero-order valence-electron chi connectivity index (χ0n) is 11.8. The number of hydrogen-bond donors (Lipinski definition) is 2. The van der Waals surface area contributed by atoms with Gasteiger partial charge in [-0.05, 0) is 31.5 Å². The minimum Gasteiger partial charge on any atom is -0.325 e. The lowest BCUT2D eigenvalue weighted by Crippen LogP contribution is -2.21. The third-order valence-corrected chi connectivity index (χ3v) is 4.51. The van der Waals surface area contributed by atoms with Crippen LogP contribution in [0.2, 0.25) is 0 Å². The van der Waals surface area contributed by atoms with Gasteiger partial charge in [0.15, 0.2) is 0 Å². The highest BCUT2D eigenvalue weighted by atomic mass is 31.2. The second kappa shape index (κ2) is 8.17. The van der Waals surface area contributed by atoms with Crippen LogP contribution in [0.5, 0.6) is 0 Å². The van der Waals surface area contributed by atoms with Crippen LogP contribution in [0, 0.1) is 0 Å². The molecule has 0 saturated carbocycles. The Morgan fingerprint density at radius 2 is 1.75 bits per heavy atom. The molecule has 3 N–H and O–H groups in total. The summed E-state index contributed by atoms with van der Waals surface area (Å²) in [5.41, 5.74) is 6.68. The number of anilines is 1. The first-order chi connectivity index (χ1) is 9.53. The maximum absolute atomic E-state index is 12.4. The van der Waals surface area contributed by atoms with E-state index in [1.54, 1.807) is 38.1 Å². The van der Waals surface area contributed by atoms with Gasteiger partial charge in [0.05, 0.1) is 25.9 Å². The Hall–Kier alpha value is -1.20. The molecule has 0 aromatic heterocycles. The molecule has 1 amide bonds. The van der Waals surface area contributed by atoms with Crippen molar-refractivity contribution in [3.63, 3.8) is 0 Å². The quantitative estimate of drug-likeness (QED) is 0.719. The van der Waals surface area contributed by atoms with Crippen molar-refractivity contribution in [1.29, 1.82) is 0 Å². The van der Waals surface area contributed by atoms with Crippen LogP contribution in [0.3, 0.4) is 0 Å². The van der Waals surface area contributed by atoms with E-state index in [2.05, 4.69) is 5.32 Å². The van der Waals surface area contributed by atoms with Crippen molar-refractivity contribution in [2.24, 2.45) is 5.73 Å². The van der Waals surface area contributed by atoms with Gasteiger partial charge >= 0.3 is 7.60 Å². The molecular weight excluding hydrogens is 279 g/mol. The van der Waals surface area contributed by atoms with Crippen LogP contribution in [0.15, 0.2) is 24.3 Å². The van der Waals surface area contributed by atoms with E-state index in [9.17, 15) is 9.36 Å². The summed E-state index contributed by atoms with van der Waals surface area (Å²) >= 11 is 0. The Balaban J connectivity index is 2.72. The number of amides is 1. The molecule has 0 unspecified atom stereocenters. The highest BCUT2D eigenvalue weighted by Crippen LogP contribution is 2.51. The van der Waals surface area contributed by atoms with Crippen molar-refractivity contribution in [2.45, 2.75) is 20.0 Å². The van der Waals surface area contributed by atoms with Crippen molar-refractivity contribution < 1.29 is 18.4 Å². The van der Waals surface area contributed by atoms with Gasteiger partial charge in [0, 0.05) is 5.69 Å². The van der Waals surface area contributed by atoms with Crippen LogP contribution in [0.1, 0.15) is 19.4 Å². The Labute approximate surface area is 119 Å². The van der Waals surface area contributed by atoms with Gasteiger partial charge in [0.2, 0.25) is 5.91 Å². The number of carbonyl (C=O) groups is 1. The monoisotopic (exact) mass is 300 g/mol. The molecular formula is C13H21N2O4P. The molecule has 1 aromatic rings. The van der Waals surface area contributed by atoms with E-state index in [-0.39, 0.29) is 18.6 Å². The highest BCUT2D eigenvalue weighted by molar-refractivity contribution is 7.53. The zero-order chi connectivity index (χ0) is 15.0. The molecule has 0 saturated heterocycles. The van der Waals surface area contributed by atoms with E-state index in [1.807, 2.05) is 0 Å². The number of hydrogen-bond acceptors (Lipinski definition) is 5. The first kappa shape index (κ1) is 16.9. The van der Waals surface area contributed by atoms with Crippen LogP contribution in [-0.4, -0.2) is 25.7 Å². The fraction of sp³-hybridized carbons (Fsp3) is 0.462. The normalized spacial score (nSPS) is 11.3. The van der Waals surface area contributed by atoms with Crippen LogP contribution in [-0.2, 0) is 24.6 Å². The van der Waals surface area contributed by atoms with E-state index in [1.165, 1.54) is 0 Å². The van der Waals surface area contributed by atoms with E-state index in [4.69, 9.17) is 14.8 Å². The van der Waals surface area contributed by atoms with Gasteiger partial charge in [-0.2, -0.15) is 0 Å². The Morgan fingerprint density at radius 3 is 2.20 bits per heavy atom. The maximum Gasteiger partial charge on any atom is 0.335 e. The van der Waals surface area contributed by atoms with Crippen molar-refractivity contribution in [3.8, 4) is 0 Å². The predicted molar refractivity (Wildman–Crippen MR) is 78.7 cm³/mol. The van der Waals surface area contributed by atoms with E-state index < -0.39 is 7.60 Å². The van der Waals surface area contributed by atoms with Crippen molar-refractivity contribution in [3.05, 3.63) is 29.8 Å². The average Bonchev–Trinajstić information content (AvgIpc) is 2.41. The molecule has 112 valence electrons. The molecule has 0 atom stereocenters. The lowest BCUT2D eigenvalue weighted by Gasteiger charge is -2.17. The fourth-order valence-electron chi connectivity index (χ4n) is 1.65. The topological polar surface area (TPSA) is 90.7 Å². The van der Waals surface area contributed by atoms with Crippen molar-refractivity contribution in [1.82, 2.24) is 0 Å². The van der Waals surface area contributed by atoms with Gasteiger partial charge in [0.25, 0.3) is 0 Å². The minimum absolute atomic E-state index is 0.0639. The summed E-state index contributed by atoms with van der Waals surface area (Å²) in [6.07, 6.45) is 0.208. The maximum atomic E-state index is 12.4. The third-order valence-electron chi connectivity index (χ3n) is 2.45. The lowest BCUT2D eigenvalue weighted by atomic mass is 10.2. The predicted octanol–water partition coefficient (Wildman–Crippen LogP) is 2.35. The van der Waals surface area contributed by atoms with E-state index in [0.717, 1.165) is 5.56 Å². The molecule has 0 heterocycles. The third kappa shape index (κ3) is 5.43. The zero-order valence-corrected chi connectivity index (χ0v) is 12.7. The molecule has 1 aromatic carbocycles. The summed E-state index contributed by atoms with van der Waals surface area (Å²) in [5, 5.41) is 2.64. The molecule has 0 aliphatic heterocycles. The SMILES string of the molecule is CCOP(=O)(Cc1ccc(NC(=O)CN)cc1)OCC. The highest BCUT2D eigenvalue weighted by Gasteiger charge is 2.23. The number of rotatable bonds is 8. The molecule has 0 fully saturated rings. The second-order valence-electron chi connectivity index (χ2n) is 4.05. The van der Waals surface area contributed by atoms with Gasteiger partial charge in [-0.3, -0.25) is 9.36 Å². The number of carbonyl (C=O) groups excluding carboxylic acids is 1. The standard InChI is InChI=1S/C13H21N2O4P/c1-3-18-20(17,19-4-2)10-11-5-7-12(8-6-11)15-13(16)9-14/h5-8H,3-4,9-10,14H2,1-2H3,(H,15,16). The average molecular weight is 300 g/mol. The van der Waals surface area contributed by atoms with Crippen LogP contribution < -0.4 is 11.1 Å². The van der Waals surface area contributed by atoms with Gasteiger partial charge in [-0.1, -0.05) is 12.1 Å². The number of nitrogens with one attached hydrogen (secondary N) is 1. The minimum atomic E-state index is -3.10. The lowest BCUT2D eigenvalue weighted by molar-refractivity contribution is -0.114. The summed E-state index contributed by atoms with van der Waals surface area (Å²) < 4.78 is 22.8. The molecule has 7 heteroatoms. The van der Waals surface area contributed by atoms with E-state index in [0.29, 0.717) is 18.9 Å². The molecule has 0 aliphatic carbocycles. The molecule has 20 heavy (non-hydrogen) atoms. The Kier molecular flexibility index (Phi) is 6.88. The van der Waals surface area contributed by atoms with Crippen LogP contribution in [0.4, 0.5) is 5.69 Å². The molecule has 1 rings (SSSR count). The van der Waals surface area contributed by atoms with Gasteiger partial charge in [-0.25, -0.2) is 0 Å². The van der Waals surface area contributed by atoms with E-state index >= 15 is 0 Å². The van der Waals surface area contributed by atoms with Gasteiger partial charge in [0.1, 0.15) is 0 Å². The summed E-state index contributed by atoms with van der Waals surface area (Å²) in [7, 11) is -3.10. The molecule has 0 bridgehead atoms. The second-order valence-corrected chi connectivity index (χ2v) is 6.11. The molecule has 0 aliphatic rings. The molecule has 0 radical (unpaired) electrons. The molecule has 6 nitrogen and oxygen atoms in total. The fourth-order valence-corrected chi connectivity index (χ4v) is 3.35. The number of nitrogens with two attached hydrogens (primary N) is 1. The van der Waals surface area contributed by atoms with Gasteiger partial charge < -0.3 is 20.1 Å². The van der Waals surface area contributed by atoms with Crippen molar-refractivity contribution >= 4 is 19.2 Å². The molecule has 0 spiro atoms. The smallest absolute Gasteiger partial charge is 0.325 e. The Morgan fingerprint density at radius 1 is 1.20 bits per heavy atom. The number of benzene rings is 1. The van der Waals surface area contributed by atoms with Gasteiger partial charge in [-0.15, -0.1) is 0 Å². The summed E-state index contributed by atoms with van der Waals surface area (Å²) in [4.78, 5) is 11.1. The summed E-state index contributed by atoms with van der Waals surface area (Å²) in [5.74, 6) is -0.257. The van der Waals surface area contributed by atoms with Crippen molar-refractivity contribution in [2.75, 3.05) is 25.1 Å².